The zero-order valence-electron chi connectivity index (χ0n) is 16.8. The number of pyridine rings is 1. The Morgan fingerprint density at radius 1 is 1.30 bits per heavy atom. The molecule has 0 saturated heterocycles. The van der Waals surface area contributed by atoms with E-state index in [1.807, 2.05) is 20.9 Å². The second-order valence-corrected chi connectivity index (χ2v) is 7.71. The van der Waals surface area contributed by atoms with E-state index in [1.165, 1.54) is 6.42 Å². The van der Waals surface area contributed by atoms with Gasteiger partial charge in [0, 0.05) is 38.1 Å². The number of hydrogen-bond donors (Lipinski definition) is 2. The van der Waals surface area contributed by atoms with E-state index in [4.69, 9.17) is 4.74 Å². The van der Waals surface area contributed by atoms with Crippen LogP contribution in [0.5, 0.6) is 0 Å². The fraction of sp³-hybridized carbons (Fsp3) is 0.650. The molecule has 148 valence electrons. The minimum absolute atomic E-state index is 0.0428. The van der Waals surface area contributed by atoms with Crippen LogP contribution in [0.25, 0.3) is 11.0 Å². The largest absolute Gasteiger partial charge is 0.376 e. The first-order valence-corrected chi connectivity index (χ1v) is 9.74. The molecular weight excluding hydrogens is 344 g/mol. The number of aryl methyl sites for hydroxylation is 3. The van der Waals surface area contributed by atoms with E-state index in [1.54, 1.807) is 11.8 Å². The van der Waals surface area contributed by atoms with Crippen LogP contribution >= 0.6 is 0 Å². The number of H-pyrrole nitrogens is 1. The maximum absolute atomic E-state index is 12.5. The van der Waals surface area contributed by atoms with Crippen LogP contribution < -0.4 is 10.9 Å². The van der Waals surface area contributed by atoms with E-state index in [0.717, 1.165) is 48.0 Å². The first kappa shape index (κ1) is 19.6. The fourth-order valence-corrected chi connectivity index (χ4v) is 4.29. The van der Waals surface area contributed by atoms with Gasteiger partial charge < -0.3 is 15.0 Å². The highest BCUT2D eigenvalue weighted by Crippen LogP contribution is 2.30. The van der Waals surface area contributed by atoms with Crippen molar-refractivity contribution < 1.29 is 9.53 Å². The Labute approximate surface area is 159 Å². The number of methoxy groups -OCH3 is 1. The van der Waals surface area contributed by atoms with Crippen molar-refractivity contribution in [1.82, 2.24) is 20.1 Å². The second-order valence-electron chi connectivity index (χ2n) is 7.71. The Hall–Kier alpha value is -2.15. The third-order valence-electron chi connectivity index (χ3n) is 5.96. The predicted octanol–water partition coefficient (Wildman–Crippen LogP) is 2.28. The number of ether oxygens (including phenoxy) is 1. The Morgan fingerprint density at radius 3 is 2.67 bits per heavy atom. The summed E-state index contributed by atoms with van der Waals surface area (Å²) in [4.78, 5) is 27.8. The van der Waals surface area contributed by atoms with Gasteiger partial charge in [0.05, 0.1) is 11.3 Å². The summed E-state index contributed by atoms with van der Waals surface area (Å²) in [5.74, 6) is -0.0428. The molecule has 2 N–H and O–H groups in total. The molecule has 0 radical (unpaired) electrons. The van der Waals surface area contributed by atoms with Crippen molar-refractivity contribution in [2.24, 2.45) is 7.05 Å². The summed E-state index contributed by atoms with van der Waals surface area (Å²) in [6.07, 6.45) is 6.19. The van der Waals surface area contributed by atoms with Gasteiger partial charge in [0.2, 0.25) is 5.91 Å². The van der Waals surface area contributed by atoms with Crippen molar-refractivity contribution in [1.29, 1.82) is 0 Å². The molecule has 3 rings (SSSR count). The minimum Gasteiger partial charge on any atom is -0.376 e. The van der Waals surface area contributed by atoms with Gasteiger partial charge in [-0.2, -0.15) is 5.10 Å². The number of rotatable bonds is 6. The highest BCUT2D eigenvalue weighted by atomic mass is 16.5. The number of nitrogens with one attached hydrogen (secondary N) is 2. The number of aromatic nitrogens is 3. The lowest BCUT2D eigenvalue weighted by Crippen LogP contribution is -2.45. The van der Waals surface area contributed by atoms with Crippen molar-refractivity contribution in [2.75, 3.05) is 13.7 Å². The zero-order chi connectivity index (χ0) is 19.6. The van der Waals surface area contributed by atoms with Crippen LogP contribution in [-0.4, -0.2) is 39.9 Å². The number of amides is 1. The molecule has 1 amide bonds. The minimum atomic E-state index is -0.229. The Morgan fingerprint density at radius 2 is 2.00 bits per heavy atom. The van der Waals surface area contributed by atoms with Gasteiger partial charge in [0.1, 0.15) is 5.65 Å². The molecule has 2 aromatic rings. The summed E-state index contributed by atoms with van der Waals surface area (Å²) in [6, 6.07) is 0. The number of carbonyl (C=O) groups excluding carboxylic acids is 1. The standard InChI is InChI=1S/C20H30N4O3/c1-13-15(19(26)22-18-17(13)14(2)23-24(18)3)8-9-16(25)21-12-20(27-4)10-6-5-7-11-20/h5-12H2,1-4H3,(H,21,25)(H,22,26). The SMILES string of the molecule is COC1(CNC(=O)CCc2c(C)c3c(C)nn(C)c3[nH]c2=O)CCCCC1. The molecule has 1 aliphatic carbocycles. The maximum atomic E-state index is 12.5. The molecule has 0 aliphatic heterocycles. The lowest BCUT2D eigenvalue weighted by atomic mass is 9.84. The first-order valence-electron chi connectivity index (χ1n) is 9.74. The average Bonchev–Trinajstić information content (AvgIpc) is 2.94. The monoisotopic (exact) mass is 374 g/mol. The third-order valence-corrected chi connectivity index (χ3v) is 5.96. The van der Waals surface area contributed by atoms with Gasteiger partial charge in [-0.3, -0.25) is 14.3 Å². The van der Waals surface area contributed by atoms with Crippen LogP contribution in [0.4, 0.5) is 0 Å². The van der Waals surface area contributed by atoms with Crippen LogP contribution in [0, 0.1) is 13.8 Å². The van der Waals surface area contributed by atoms with Crippen LogP contribution in [-0.2, 0) is 23.0 Å². The number of nitrogens with zero attached hydrogens (tertiary/aromatic N) is 2. The summed E-state index contributed by atoms with van der Waals surface area (Å²) in [5.41, 5.74) is 2.80. The molecule has 0 aromatic carbocycles. The number of hydrogen-bond acceptors (Lipinski definition) is 4. The van der Waals surface area contributed by atoms with Crippen LogP contribution in [0.1, 0.15) is 55.3 Å². The summed E-state index contributed by atoms with van der Waals surface area (Å²) in [6.45, 7) is 4.40. The van der Waals surface area contributed by atoms with Gasteiger partial charge in [-0.1, -0.05) is 19.3 Å². The molecule has 2 heterocycles. The fourth-order valence-electron chi connectivity index (χ4n) is 4.29. The van der Waals surface area contributed by atoms with Crippen molar-refractivity contribution in [3.8, 4) is 0 Å². The highest BCUT2D eigenvalue weighted by molar-refractivity contribution is 5.83. The smallest absolute Gasteiger partial charge is 0.253 e. The lowest BCUT2D eigenvalue weighted by molar-refractivity contribution is -0.123. The molecule has 2 aromatic heterocycles. The quantitative estimate of drug-likeness (QED) is 0.812. The lowest BCUT2D eigenvalue weighted by Gasteiger charge is -2.36. The second kappa shape index (κ2) is 7.84. The zero-order valence-corrected chi connectivity index (χ0v) is 16.8. The van der Waals surface area contributed by atoms with E-state index < -0.39 is 0 Å². The van der Waals surface area contributed by atoms with Gasteiger partial charge in [0.25, 0.3) is 5.56 Å². The molecule has 0 bridgehead atoms. The van der Waals surface area contributed by atoms with E-state index in [9.17, 15) is 9.59 Å². The van der Waals surface area contributed by atoms with Crippen molar-refractivity contribution >= 4 is 16.9 Å². The van der Waals surface area contributed by atoms with E-state index in [0.29, 0.717) is 18.5 Å². The summed E-state index contributed by atoms with van der Waals surface area (Å²) < 4.78 is 7.40. The van der Waals surface area contributed by atoms with Crippen molar-refractivity contribution in [2.45, 2.75) is 64.4 Å². The third kappa shape index (κ3) is 3.93. The number of fused-ring (bicyclic) bond motifs is 1. The van der Waals surface area contributed by atoms with Crippen molar-refractivity contribution in [3.05, 3.63) is 27.2 Å². The molecule has 1 aliphatic rings. The van der Waals surface area contributed by atoms with Crippen molar-refractivity contribution in [3.63, 3.8) is 0 Å². The van der Waals surface area contributed by atoms with Gasteiger partial charge >= 0.3 is 0 Å². The molecule has 7 heteroatoms. The van der Waals surface area contributed by atoms with Crippen LogP contribution in [0.2, 0.25) is 0 Å². The topological polar surface area (TPSA) is 89.0 Å². The summed E-state index contributed by atoms with van der Waals surface area (Å²) >= 11 is 0. The van der Waals surface area contributed by atoms with E-state index in [-0.39, 0.29) is 23.5 Å². The molecule has 27 heavy (non-hydrogen) atoms. The van der Waals surface area contributed by atoms with Gasteiger partial charge in [-0.25, -0.2) is 0 Å². The van der Waals surface area contributed by atoms with Crippen LogP contribution in [0.15, 0.2) is 4.79 Å². The highest BCUT2D eigenvalue weighted by Gasteiger charge is 2.32. The Kier molecular flexibility index (Phi) is 5.69. The molecule has 0 spiro atoms. The molecule has 7 nitrogen and oxygen atoms in total. The summed E-state index contributed by atoms with van der Waals surface area (Å²) in [7, 11) is 3.54. The Balaban J connectivity index is 1.67. The van der Waals surface area contributed by atoms with E-state index in [2.05, 4.69) is 15.4 Å². The predicted molar refractivity (Wildman–Crippen MR) is 105 cm³/mol. The van der Waals surface area contributed by atoms with E-state index >= 15 is 0 Å². The molecule has 0 unspecified atom stereocenters. The van der Waals surface area contributed by atoms with Crippen LogP contribution in [0.3, 0.4) is 0 Å². The molecule has 0 atom stereocenters. The average molecular weight is 374 g/mol. The number of aromatic amines is 1. The summed E-state index contributed by atoms with van der Waals surface area (Å²) in [5, 5.41) is 8.36. The Bertz CT molecular complexity index is 891. The molecule has 1 fully saturated rings. The van der Waals surface area contributed by atoms with Gasteiger partial charge in [0.15, 0.2) is 0 Å². The van der Waals surface area contributed by atoms with Gasteiger partial charge in [-0.05, 0) is 38.7 Å². The maximum Gasteiger partial charge on any atom is 0.253 e. The molecule has 1 saturated carbocycles. The first-order chi connectivity index (χ1) is 12.9. The number of carbonyl (C=O) groups is 1. The normalized spacial score (nSPS) is 16.6. The van der Waals surface area contributed by atoms with Gasteiger partial charge in [-0.15, -0.1) is 0 Å². The molecular formula is C20H30N4O3.